The number of carbonyl (C=O) groups excluding carboxylic acids is 1. The Labute approximate surface area is 171 Å². The third kappa shape index (κ3) is 3.93. The van der Waals surface area contributed by atoms with Crippen molar-refractivity contribution in [3.63, 3.8) is 0 Å². The summed E-state index contributed by atoms with van der Waals surface area (Å²) in [6.45, 7) is 4.03. The van der Waals surface area contributed by atoms with E-state index in [2.05, 4.69) is 20.3 Å². The Morgan fingerprint density at radius 2 is 1.93 bits per heavy atom. The Hall–Kier alpha value is -3.39. The summed E-state index contributed by atoms with van der Waals surface area (Å²) in [5.74, 6) is 0.00726. The van der Waals surface area contributed by atoms with Gasteiger partial charge in [-0.15, -0.1) is 0 Å². The predicted octanol–water partition coefficient (Wildman–Crippen LogP) is 3.46. The van der Waals surface area contributed by atoms with E-state index in [1.54, 1.807) is 4.57 Å². The minimum atomic E-state index is -0.314. The maximum atomic E-state index is 12.5. The van der Waals surface area contributed by atoms with E-state index in [0.29, 0.717) is 10.8 Å². The van der Waals surface area contributed by atoms with Gasteiger partial charge < -0.3 is 10.3 Å². The lowest BCUT2D eigenvalue weighted by Gasteiger charge is -2.09. The van der Waals surface area contributed by atoms with E-state index in [1.807, 2.05) is 62.4 Å². The lowest BCUT2D eigenvalue weighted by molar-refractivity contribution is -0.113. The summed E-state index contributed by atoms with van der Waals surface area (Å²) < 4.78 is 1.79. The number of hydrogen-bond acceptors (Lipinski definition) is 5. The van der Waals surface area contributed by atoms with E-state index in [0.717, 1.165) is 16.9 Å². The highest BCUT2D eigenvalue weighted by Crippen LogP contribution is 2.25. The molecule has 0 aliphatic heterocycles. The topological polar surface area (TPSA) is 92.7 Å². The summed E-state index contributed by atoms with van der Waals surface area (Å²) in [5, 5.41) is 3.44. The number of anilines is 1. The molecule has 7 nitrogen and oxygen atoms in total. The Morgan fingerprint density at radius 1 is 1.14 bits per heavy atom. The Bertz CT molecular complexity index is 1250. The molecule has 4 aromatic rings. The fraction of sp³-hybridized carbons (Fsp3) is 0.143. The molecule has 0 fully saturated rings. The molecular formula is C21H19N5O2S. The van der Waals surface area contributed by atoms with Gasteiger partial charge in [-0.25, -0.2) is 9.97 Å². The fourth-order valence-electron chi connectivity index (χ4n) is 2.94. The van der Waals surface area contributed by atoms with Crippen LogP contribution in [0.25, 0.3) is 16.9 Å². The molecule has 1 amide bonds. The fourth-order valence-corrected chi connectivity index (χ4v) is 3.75. The van der Waals surface area contributed by atoms with Crippen molar-refractivity contribution in [2.24, 2.45) is 0 Å². The van der Waals surface area contributed by atoms with Crippen molar-refractivity contribution < 1.29 is 4.79 Å². The molecule has 29 heavy (non-hydrogen) atoms. The maximum absolute atomic E-state index is 12.5. The predicted molar refractivity (Wildman–Crippen MR) is 115 cm³/mol. The summed E-state index contributed by atoms with van der Waals surface area (Å²) in [4.78, 5) is 35.9. The van der Waals surface area contributed by atoms with Crippen molar-refractivity contribution >= 4 is 34.5 Å². The molecule has 0 aliphatic rings. The summed E-state index contributed by atoms with van der Waals surface area (Å²) >= 11 is 1.26. The number of thioether (sulfide) groups is 1. The molecule has 2 N–H and O–H groups in total. The molecule has 0 atom stereocenters. The maximum Gasteiger partial charge on any atom is 0.278 e. The average Bonchev–Trinajstić information content (AvgIpc) is 3.10. The minimum Gasteiger partial charge on any atom is -0.325 e. The van der Waals surface area contributed by atoms with Gasteiger partial charge in [0, 0.05) is 11.4 Å². The van der Waals surface area contributed by atoms with Crippen LogP contribution >= 0.6 is 11.8 Å². The van der Waals surface area contributed by atoms with Gasteiger partial charge in [-0.05, 0) is 49.2 Å². The third-order valence-electron chi connectivity index (χ3n) is 4.56. The van der Waals surface area contributed by atoms with Gasteiger partial charge in [-0.1, -0.05) is 36.0 Å². The molecule has 0 unspecified atom stereocenters. The van der Waals surface area contributed by atoms with E-state index in [-0.39, 0.29) is 22.7 Å². The van der Waals surface area contributed by atoms with Crippen molar-refractivity contribution in [2.45, 2.75) is 19.0 Å². The number of imidazole rings is 1. The van der Waals surface area contributed by atoms with Gasteiger partial charge in [-0.2, -0.15) is 0 Å². The quantitative estimate of drug-likeness (QED) is 0.496. The zero-order valence-electron chi connectivity index (χ0n) is 16.0. The van der Waals surface area contributed by atoms with Gasteiger partial charge in [0.15, 0.2) is 16.3 Å². The van der Waals surface area contributed by atoms with Crippen LogP contribution in [0.5, 0.6) is 0 Å². The highest BCUT2D eigenvalue weighted by molar-refractivity contribution is 7.99. The van der Waals surface area contributed by atoms with Gasteiger partial charge in [0.25, 0.3) is 5.56 Å². The van der Waals surface area contributed by atoms with E-state index >= 15 is 0 Å². The molecule has 146 valence electrons. The van der Waals surface area contributed by atoms with Crippen LogP contribution in [0.3, 0.4) is 0 Å². The molecule has 4 rings (SSSR count). The number of hydrogen-bond donors (Lipinski definition) is 2. The van der Waals surface area contributed by atoms with Crippen LogP contribution in [0.4, 0.5) is 5.69 Å². The lowest BCUT2D eigenvalue weighted by atomic mass is 10.1. The lowest BCUT2D eigenvalue weighted by Crippen LogP contribution is -2.14. The second kappa shape index (κ2) is 7.92. The van der Waals surface area contributed by atoms with E-state index in [1.165, 1.54) is 23.7 Å². The van der Waals surface area contributed by atoms with Crippen LogP contribution in [-0.2, 0) is 4.79 Å². The normalized spacial score (nSPS) is 11.0. The van der Waals surface area contributed by atoms with Crippen LogP contribution in [0.15, 0.2) is 64.8 Å². The Kier molecular flexibility index (Phi) is 5.18. The molecular weight excluding hydrogens is 386 g/mol. The first-order valence-electron chi connectivity index (χ1n) is 9.04. The second-order valence-corrected chi connectivity index (χ2v) is 7.55. The van der Waals surface area contributed by atoms with Gasteiger partial charge in [0.1, 0.15) is 0 Å². The number of rotatable bonds is 5. The van der Waals surface area contributed by atoms with Gasteiger partial charge in [-0.3, -0.25) is 14.2 Å². The number of carbonyl (C=O) groups is 1. The smallest absolute Gasteiger partial charge is 0.278 e. The summed E-state index contributed by atoms with van der Waals surface area (Å²) in [7, 11) is 0. The first kappa shape index (κ1) is 18.9. The van der Waals surface area contributed by atoms with Crippen LogP contribution in [0.1, 0.15) is 11.1 Å². The number of para-hydroxylation sites is 1. The number of benzene rings is 2. The number of nitrogens with one attached hydrogen (secondary N) is 2. The first-order valence-corrected chi connectivity index (χ1v) is 10.0. The molecule has 8 heteroatoms. The molecule has 2 heterocycles. The summed E-state index contributed by atoms with van der Waals surface area (Å²) in [6, 6.07) is 15.3. The van der Waals surface area contributed by atoms with E-state index in [4.69, 9.17) is 0 Å². The summed E-state index contributed by atoms with van der Waals surface area (Å²) in [6.07, 6.45) is 1.35. The van der Waals surface area contributed by atoms with Crippen molar-refractivity contribution in [1.29, 1.82) is 0 Å². The molecule has 2 aromatic heterocycles. The molecule has 2 aromatic carbocycles. The van der Waals surface area contributed by atoms with Gasteiger partial charge in [0.2, 0.25) is 5.91 Å². The number of nitrogens with zero attached hydrogens (tertiary/aromatic N) is 3. The Balaban J connectivity index is 1.60. The first-order chi connectivity index (χ1) is 14.0. The third-order valence-corrected chi connectivity index (χ3v) is 5.50. The van der Waals surface area contributed by atoms with Crippen molar-refractivity contribution in [3.8, 4) is 5.69 Å². The highest BCUT2D eigenvalue weighted by atomic mass is 32.2. The number of aromatic nitrogens is 4. The average molecular weight is 405 g/mol. The van der Waals surface area contributed by atoms with Crippen LogP contribution < -0.4 is 10.9 Å². The van der Waals surface area contributed by atoms with Crippen molar-refractivity contribution in [3.05, 3.63) is 76.3 Å². The van der Waals surface area contributed by atoms with Crippen molar-refractivity contribution in [1.82, 2.24) is 19.5 Å². The standard InChI is InChI=1S/C21H19N5O2S/c1-13-8-9-15(10-14(13)2)24-17(27)11-29-21-25-18-19(22-12-23-20(18)28)26(21)16-6-4-3-5-7-16/h3-10,12H,11H2,1-2H3,(H,24,27)(H,22,23,28). The van der Waals surface area contributed by atoms with Crippen LogP contribution in [0.2, 0.25) is 0 Å². The van der Waals surface area contributed by atoms with E-state index in [9.17, 15) is 9.59 Å². The largest absolute Gasteiger partial charge is 0.325 e. The molecule has 0 saturated heterocycles. The number of H-pyrrole nitrogens is 1. The molecule has 0 bridgehead atoms. The minimum absolute atomic E-state index is 0.146. The molecule has 0 saturated carbocycles. The second-order valence-electron chi connectivity index (χ2n) is 6.61. The van der Waals surface area contributed by atoms with E-state index < -0.39 is 0 Å². The Morgan fingerprint density at radius 3 is 2.69 bits per heavy atom. The summed E-state index contributed by atoms with van der Waals surface area (Å²) in [5.41, 5.74) is 4.26. The van der Waals surface area contributed by atoms with Crippen LogP contribution in [0, 0.1) is 13.8 Å². The number of aryl methyl sites for hydroxylation is 2. The number of fused-ring (bicyclic) bond motifs is 1. The highest BCUT2D eigenvalue weighted by Gasteiger charge is 2.17. The van der Waals surface area contributed by atoms with Gasteiger partial charge in [0.05, 0.1) is 12.1 Å². The number of amides is 1. The van der Waals surface area contributed by atoms with Crippen molar-refractivity contribution in [2.75, 3.05) is 11.1 Å². The number of aromatic amines is 1. The van der Waals surface area contributed by atoms with Gasteiger partial charge >= 0.3 is 0 Å². The van der Waals surface area contributed by atoms with Crippen LogP contribution in [-0.4, -0.2) is 31.2 Å². The monoisotopic (exact) mass is 405 g/mol. The zero-order valence-corrected chi connectivity index (χ0v) is 16.8. The molecule has 0 aliphatic carbocycles. The molecule has 0 radical (unpaired) electrons. The zero-order chi connectivity index (χ0) is 20.4. The SMILES string of the molecule is Cc1ccc(NC(=O)CSc2nc3c(=O)[nH]cnc3n2-c2ccccc2)cc1C. The molecule has 0 spiro atoms.